The molecule has 0 aliphatic carbocycles. The van der Waals surface area contributed by atoms with Crippen molar-refractivity contribution in [2.24, 2.45) is 0 Å². The molecule has 0 aromatic rings. The molecule has 0 aromatic carbocycles. The number of halogens is 2. The van der Waals surface area contributed by atoms with Crippen LogP contribution < -0.4 is 0 Å². The van der Waals surface area contributed by atoms with Gasteiger partial charge in [-0.15, -0.1) is 0 Å². The molecule has 0 aromatic heterocycles. The predicted molar refractivity (Wildman–Crippen MR) is 36.6 cm³/mol. The van der Waals surface area contributed by atoms with Gasteiger partial charge in [-0.25, -0.2) is 0 Å². The summed E-state index contributed by atoms with van der Waals surface area (Å²) in [5.74, 6) is 0. The van der Waals surface area contributed by atoms with E-state index in [2.05, 4.69) is 35.2 Å². The lowest BCUT2D eigenvalue weighted by Crippen LogP contribution is -1.63. The van der Waals surface area contributed by atoms with Gasteiger partial charge in [0.15, 0.2) is 0 Å². The Bertz CT molecular complexity index is 109. The fraction of sp³-hybridized carbons (Fsp3) is 1.00. The van der Waals surface area contributed by atoms with E-state index in [4.69, 9.17) is 8.42 Å². The fourth-order valence-electron chi connectivity index (χ4n) is 0. The highest BCUT2D eigenvalue weighted by Crippen LogP contribution is 1.98. The Morgan fingerprint density at radius 1 is 1.25 bits per heavy atom. The Balaban J connectivity index is 0. The average molecular weight is 179 g/mol. The molecule has 0 aliphatic heterocycles. The largest absolute Gasteiger partial charge is 0.317 e. The topological polar surface area (TPSA) is 34.1 Å². The highest BCUT2D eigenvalue weighted by molar-refractivity contribution is 8.31. The van der Waals surface area contributed by atoms with Crippen molar-refractivity contribution in [1.82, 2.24) is 0 Å². The lowest BCUT2D eigenvalue weighted by molar-refractivity contribution is 0.621. The van der Waals surface area contributed by atoms with E-state index in [0.717, 1.165) is 0 Å². The second-order valence-electron chi connectivity index (χ2n) is 1.09. The van der Waals surface area contributed by atoms with Gasteiger partial charge in [-0.3, -0.25) is 0 Å². The molecule has 0 radical (unpaired) electrons. The second-order valence-corrected chi connectivity index (χ2v) is 4.75. The predicted octanol–water partition coefficient (Wildman–Crippen LogP) is 2.13. The van der Waals surface area contributed by atoms with Crippen molar-refractivity contribution < 1.29 is 8.42 Å². The van der Waals surface area contributed by atoms with Crippen LogP contribution in [0, 0.1) is 0 Å². The van der Waals surface area contributed by atoms with Crippen molar-refractivity contribution in [2.75, 3.05) is 0 Å². The van der Waals surface area contributed by atoms with Crippen LogP contribution in [-0.2, 0) is 8.26 Å². The molecule has 0 heterocycles. The maximum absolute atomic E-state index is 9.16. The number of rotatable bonds is 0. The van der Waals surface area contributed by atoms with Gasteiger partial charge >= 0.3 is 8.26 Å². The van der Waals surface area contributed by atoms with Gasteiger partial charge in [-0.1, -0.05) is 20.3 Å². The fourth-order valence-corrected chi connectivity index (χ4v) is 0. The van der Waals surface area contributed by atoms with Gasteiger partial charge in [0.1, 0.15) is 0 Å². The van der Waals surface area contributed by atoms with Gasteiger partial charge in [-0.2, -0.15) is 8.42 Å². The van der Waals surface area contributed by atoms with Crippen LogP contribution in [-0.4, -0.2) is 8.42 Å². The van der Waals surface area contributed by atoms with Crippen LogP contribution in [0.2, 0.25) is 0 Å². The number of hydrogen-bond donors (Lipinski definition) is 0. The van der Waals surface area contributed by atoms with Gasteiger partial charge in [0, 0.05) is 21.4 Å². The Morgan fingerprint density at radius 2 is 1.25 bits per heavy atom. The Hall–Kier alpha value is 0.530. The summed E-state index contributed by atoms with van der Waals surface area (Å²) in [5, 5.41) is 0. The summed E-state index contributed by atoms with van der Waals surface area (Å²) >= 11 is 0. The molecule has 0 bridgehead atoms. The molecule has 0 saturated heterocycles. The maximum Gasteiger partial charge on any atom is 0.317 e. The monoisotopic (exact) mass is 178 g/mol. The molecule has 2 nitrogen and oxygen atoms in total. The summed E-state index contributed by atoms with van der Waals surface area (Å²) in [5.41, 5.74) is 0. The van der Waals surface area contributed by atoms with Crippen LogP contribution in [0.25, 0.3) is 0 Å². The Kier molecular flexibility index (Phi) is 8.03. The SMILES string of the molecule is CCC.O=S(=O)(Cl)Cl. The average Bonchev–Trinajstić information content (AvgIpc) is 1.27. The first-order valence-electron chi connectivity index (χ1n) is 2.06. The van der Waals surface area contributed by atoms with E-state index in [-0.39, 0.29) is 0 Å². The summed E-state index contributed by atoms with van der Waals surface area (Å²) < 4.78 is 18.3. The van der Waals surface area contributed by atoms with E-state index in [9.17, 15) is 0 Å². The van der Waals surface area contributed by atoms with E-state index in [0.29, 0.717) is 0 Å². The first-order chi connectivity index (χ1) is 3.41. The van der Waals surface area contributed by atoms with E-state index in [1.165, 1.54) is 6.42 Å². The standard InChI is InChI=1S/C3H8.Cl2O2S/c1-3-2;1-5(2,3)4/h3H2,1-2H3;. The normalized spacial score (nSPS) is 9.50. The molecule has 0 aliphatic rings. The molecule has 8 heavy (non-hydrogen) atoms. The summed E-state index contributed by atoms with van der Waals surface area (Å²) in [6.45, 7) is 4.25. The van der Waals surface area contributed by atoms with E-state index in [1.807, 2.05) is 0 Å². The minimum atomic E-state index is -3.72. The first kappa shape index (κ1) is 11.3. The van der Waals surface area contributed by atoms with Gasteiger partial charge in [0.05, 0.1) is 0 Å². The summed E-state index contributed by atoms with van der Waals surface area (Å²) in [6, 6.07) is 0. The van der Waals surface area contributed by atoms with Crippen molar-refractivity contribution in [1.29, 1.82) is 0 Å². The van der Waals surface area contributed by atoms with Gasteiger partial charge < -0.3 is 0 Å². The van der Waals surface area contributed by atoms with Crippen LogP contribution in [0.3, 0.4) is 0 Å². The van der Waals surface area contributed by atoms with Crippen molar-refractivity contribution in [2.45, 2.75) is 20.3 Å². The van der Waals surface area contributed by atoms with E-state index >= 15 is 0 Å². The molecule has 0 amide bonds. The minimum Gasteiger partial charge on any atom is -0.195 e. The molecular formula is C3H8Cl2O2S. The minimum absolute atomic E-state index is 1.25. The van der Waals surface area contributed by atoms with E-state index in [1.54, 1.807) is 0 Å². The van der Waals surface area contributed by atoms with Crippen LogP contribution in [0.5, 0.6) is 0 Å². The highest BCUT2D eigenvalue weighted by Gasteiger charge is 1.88. The second kappa shape index (κ2) is 5.66. The summed E-state index contributed by atoms with van der Waals surface area (Å²) in [6.07, 6.45) is 1.25. The molecule has 0 rings (SSSR count). The van der Waals surface area contributed by atoms with Crippen LogP contribution >= 0.6 is 21.4 Å². The smallest absolute Gasteiger partial charge is 0.195 e. The molecule has 0 N–H and O–H groups in total. The first-order valence-corrected chi connectivity index (χ1v) is 5.19. The third kappa shape index (κ3) is 711. The van der Waals surface area contributed by atoms with Crippen molar-refractivity contribution in [3.63, 3.8) is 0 Å². The lowest BCUT2D eigenvalue weighted by atomic mass is 10.6. The summed E-state index contributed by atoms with van der Waals surface area (Å²) in [4.78, 5) is 0. The maximum atomic E-state index is 9.16. The van der Waals surface area contributed by atoms with Gasteiger partial charge in [-0.05, 0) is 0 Å². The Morgan fingerprint density at radius 3 is 1.25 bits per heavy atom. The number of hydrogen-bond acceptors (Lipinski definition) is 2. The van der Waals surface area contributed by atoms with Crippen molar-refractivity contribution in [3.05, 3.63) is 0 Å². The zero-order valence-electron chi connectivity index (χ0n) is 4.69. The van der Waals surface area contributed by atoms with Crippen molar-refractivity contribution in [3.8, 4) is 0 Å². The molecule has 0 fully saturated rings. The lowest BCUT2D eigenvalue weighted by Gasteiger charge is -1.61. The van der Waals surface area contributed by atoms with Gasteiger partial charge in [0.25, 0.3) is 0 Å². The van der Waals surface area contributed by atoms with Crippen LogP contribution in [0.15, 0.2) is 0 Å². The molecule has 0 spiro atoms. The Labute approximate surface area is 58.7 Å². The molecule has 0 saturated carbocycles. The molecule has 52 valence electrons. The van der Waals surface area contributed by atoms with Gasteiger partial charge in [0.2, 0.25) is 0 Å². The molecule has 0 atom stereocenters. The molecule has 5 heteroatoms. The quantitative estimate of drug-likeness (QED) is 0.533. The molecular weight excluding hydrogens is 171 g/mol. The van der Waals surface area contributed by atoms with Crippen molar-refractivity contribution >= 4 is 29.6 Å². The third-order valence-corrected chi connectivity index (χ3v) is 0. The zero-order chi connectivity index (χ0) is 7.21. The third-order valence-electron chi connectivity index (χ3n) is 0. The summed E-state index contributed by atoms with van der Waals surface area (Å²) in [7, 11) is 4.81. The zero-order valence-corrected chi connectivity index (χ0v) is 7.02. The molecule has 0 unspecified atom stereocenters. The van der Waals surface area contributed by atoms with Crippen LogP contribution in [0.1, 0.15) is 20.3 Å². The van der Waals surface area contributed by atoms with Crippen LogP contribution in [0.4, 0.5) is 0 Å². The van der Waals surface area contributed by atoms with E-state index < -0.39 is 8.26 Å². The highest BCUT2D eigenvalue weighted by atomic mass is 36.0.